The van der Waals surface area contributed by atoms with Crippen molar-refractivity contribution in [2.24, 2.45) is 11.8 Å². The quantitative estimate of drug-likeness (QED) is 0.919. The van der Waals surface area contributed by atoms with Gasteiger partial charge in [0.2, 0.25) is 0 Å². The van der Waals surface area contributed by atoms with Crippen molar-refractivity contribution in [1.82, 2.24) is 9.97 Å². The third kappa shape index (κ3) is 2.60. The number of hydrogen-bond acceptors (Lipinski definition) is 4. The Hall–Kier alpha value is -1.32. The van der Waals surface area contributed by atoms with Crippen molar-refractivity contribution in [3.63, 3.8) is 0 Å². The van der Waals surface area contributed by atoms with E-state index >= 15 is 0 Å². The maximum atomic E-state index is 4.91. The van der Waals surface area contributed by atoms with E-state index < -0.39 is 0 Å². The number of piperidine rings is 1. The second kappa shape index (κ2) is 5.23. The minimum absolute atomic E-state index is 0.598. The Balaban J connectivity index is 1.96. The number of hydrogen-bond donors (Lipinski definition) is 1. The van der Waals surface area contributed by atoms with E-state index in [2.05, 4.69) is 31.0 Å². The molecule has 0 bridgehead atoms. The summed E-state index contributed by atoms with van der Waals surface area (Å²) >= 11 is 0. The Labute approximate surface area is 122 Å². The van der Waals surface area contributed by atoms with Gasteiger partial charge in [0.1, 0.15) is 17.5 Å². The van der Waals surface area contributed by atoms with Crippen molar-refractivity contribution < 1.29 is 0 Å². The monoisotopic (exact) mass is 274 g/mol. The van der Waals surface area contributed by atoms with Crippen LogP contribution in [0.4, 0.5) is 11.6 Å². The van der Waals surface area contributed by atoms with Crippen molar-refractivity contribution in [3.8, 4) is 0 Å². The van der Waals surface area contributed by atoms with E-state index in [-0.39, 0.29) is 0 Å². The molecule has 1 saturated carbocycles. The van der Waals surface area contributed by atoms with Gasteiger partial charge in [-0.2, -0.15) is 0 Å². The first kappa shape index (κ1) is 13.7. The van der Waals surface area contributed by atoms with Crippen molar-refractivity contribution in [2.45, 2.75) is 46.0 Å². The first-order chi connectivity index (χ1) is 9.58. The topological polar surface area (TPSA) is 41.1 Å². The van der Waals surface area contributed by atoms with Gasteiger partial charge in [-0.3, -0.25) is 0 Å². The van der Waals surface area contributed by atoms with Crippen LogP contribution in [0.5, 0.6) is 0 Å². The molecular weight excluding hydrogens is 248 g/mol. The average molecular weight is 274 g/mol. The fourth-order valence-electron chi connectivity index (χ4n) is 3.43. The smallest absolute Gasteiger partial charge is 0.137 e. The molecule has 2 atom stereocenters. The van der Waals surface area contributed by atoms with E-state index in [0.717, 1.165) is 42.4 Å². The largest absolute Gasteiger partial charge is 0.373 e. The lowest BCUT2D eigenvalue weighted by Crippen LogP contribution is -2.39. The van der Waals surface area contributed by atoms with Gasteiger partial charge in [0.15, 0.2) is 0 Å². The highest BCUT2D eigenvalue weighted by Crippen LogP contribution is 2.40. The van der Waals surface area contributed by atoms with Crippen LogP contribution in [0.15, 0.2) is 0 Å². The molecule has 2 fully saturated rings. The number of anilines is 2. The summed E-state index contributed by atoms with van der Waals surface area (Å²) < 4.78 is 0. The first-order valence-corrected chi connectivity index (χ1v) is 7.89. The Morgan fingerprint density at radius 3 is 2.30 bits per heavy atom. The van der Waals surface area contributed by atoms with E-state index in [9.17, 15) is 0 Å². The molecule has 20 heavy (non-hydrogen) atoms. The van der Waals surface area contributed by atoms with Gasteiger partial charge in [0, 0.05) is 31.6 Å². The highest BCUT2D eigenvalue weighted by molar-refractivity contribution is 5.59. The van der Waals surface area contributed by atoms with E-state index in [1.807, 2.05) is 7.05 Å². The number of rotatable bonds is 3. The zero-order valence-corrected chi connectivity index (χ0v) is 13.1. The summed E-state index contributed by atoms with van der Waals surface area (Å²) in [4.78, 5) is 12.1. The van der Waals surface area contributed by atoms with Gasteiger partial charge in [0.25, 0.3) is 0 Å². The molecular formula is C16H26N4. The number of aromatic nitrogens is 2. The van der Waals surface area contributed by atoms with Gasteiger partial charge in [-0.25, -0.2) is 9.97 Å². The van der Waals surface area contributed by atoms with Crippen molar-refractivity contribution >= 4 is 11.6 Å². The molecule has 4 nitrogen and oxygen atoms in total. The lowest BCUT2D eigenvalue weighted by molar-refractivity contribution is 0.355. The minimum atomic E-state index is 0.598. The second-order valence-electron chi connectivity index (χ2n) is 6.75. The summed E-state index contributed by atoms with van der Waals surface area (Å²) in [6.45, 7) is 9.08. The molecule has 2 unspecified atom stereocenters. The van der Waals surface area contributed by atoms with E-state index in [0.29, 0.717) is 5.92 Å². The fraction of sp³-hybridized carbons (Fsp3) is 0.750. The van der Waals surface area contributed by atoms with Gasteiger partial charge in [-0.15, -0.1) is 0 Å². The van der Waals surface area contributed by atoms with E-state index in [4.69, 9.17) is 9.97 Å². The molecule has 4 heteroatoms. The first-order valence-electron chi connectivity index (χ1n) is 7.89. The maximum absolute atomic E-state index is 4.91. The molecule has 2 aliphatic rings. The predicted molar refractivity (Wildman–Crippen MR) is 83.4 cm³/mol. The van der Waals surface area contributed by atoms with Crippen LogP contribution in [0.3, 0.4) is 0 Å². The van der Waals surface area contributed by atoms with Crippen LogP contribution in [-0.2, 0) is 0 Å². The summed E-state index contributed by atoms with van der Waals surface area (Å²) in [6, 6.07) is 0. The molecule has 1 aliphatic carbocycles. The Kier molecular flexibility index (Phi) is 3.57. The lowest BCUT2D eigenvalue weighted by atomic mass is 9.92. The summed E-state index contributed by atoms with van der Waals surface area (Å²) in [5.74, 6) is 5.29. The summed E-state index contributed by atoms with van der Waals surface area (Å²) in [5.41, 5.74) is 1.19. The van der Waals surface area contributed by atoms with Crippen LogP contribution in [0.2, 0.25) is 0 Å². The van der Waals surface area contributed by atoms with Crippen LogP contribution < -0.4 is 10.2 Å². The molecule has 1 N–H and O–H groups in total. The Bertz CT molecular complexity index is 485. The number of nitrogens with zero attached hydrogens (tertiary/aromatic N) is 3. The molecule has 1 aromatic rings. The molecule has 2 heterocycles. The SMILES string of the molecule is CNc1nc(C2CC2)nc(N2CC(C)CC(C)C2)c1C. The zero-order chi connectivity index (χ0) is 14.3. The van der Waals surface area contributed by atoms with Crippen LogP contribution in [0, 0.1) is 18.8 Å². The highest BCUT2D eigenvalue weighted by atomic mass is 15.2. The highest BCUT2D eigenvalue weighted by Gasteiger charge is 2.30. The molecule has 0 spiro atoms. The molecule has 0 radical (unpaired) electrons. The molecule has 1 saturated heterocycles. The van der Waals surface area contributed by atoms with Gasteiger partial charge >= 0.3 is 0 Å². The molecule has 110 valence electrons. The third-order valence-corrected chi connectivity index (χ3v) is 4.49. The normalized spacial score (nSPS) is 26.7. The van der Waals surface area contributed by atoms with Crippen LogP contribution in [-0.4, -0.2) is 30.1 Å². The summed E-state index contributed by atoms with van der Waals surface area (Å²) in [5, 5.41) is 3.24. The fourth-order valence-corrected chi connectivity index (χ4v) is 3.43. The van der Waals surface area contributed by atoms with Crippen molar-refractivity contribution in [2.75, 3.05) is 30.4 Å². The van der Waals surface area contributed by atoms with Crippen LogP contribution in [0.1, 0.15) is 50.4 Å². The van der Waals surface area contributed by atoms with Gasteiger partial charge in [0.05, 0.1) is 0 Å². The minimum Gasteiger partial charge on any atom is -0.373 e. The van der Waals surface area contributed by atoms with Gasteiger partial charge < -0.3 is 10.2 Å². The molecule has 3 rings (SSSR count). The van der Waals surface area contributed by atoms with Crippen LogP contribution in [0.25, 0.3) is 0 Å². The summed E-state index contributed by atoms with van der Waals surface area (Å²) in [6.07, 6.45) is 3.83. The number of nitrogens with one attached hydrogen (secondary N) is 1. The van der Waals surface area contributed by atoms with Gasteiger partial charge in [-0.05, 0) is 38.0 Å². The second-order valence-corrected chi connectivity index (χ2v) is 6.75. The van der Waals surface area contributed by atoms with E-state index in [1.54, 1.807) is 0 Å². The summed E-state index contributed by atoms with van der Waals surface area (Å²) in [7, 11) is 1.96. The zero-order valence-electron chi connectivity index (χ0n) is 13.1. The van der Waals surface area contributed by atoms with Crippen molar-refractivity contribution in [3.05, 3.63) is 11.4 Å². The molecule has 1 aliphatic heterocycles. The third-order valence-electron chi connectivity index (χ3n) is 4.49. The predicted octanol–water partition coefficient (Wildman–Crippen LogP) is 3.19. The Morgan fingerprint density at radius 1 is 1.10 bits per heavy atom. The lowest BCUT2D eigenvalue weighted by Gasteiger charge is -2.36. The Morgan fingerprint density at radius 2 is 1.75 bits per heavy atom. The average Bonchev–Trinajstić information content (AvgIpc) is 3.22. The standard InChI is InChI=1S/C16H26N4/c1-10-7-11(2)9-20(8-10)16-12(3)14(17-4)18-15(19-16)13-5-6-13/h10-11,13H,5-9H2,1-4H3,(H,17,18,19). The van der Waals surface area contributed by atoms with Crippen LogP contribution >= 0.6 is 0 Å². The molecule has 0 amide bonds. The molecule has 1 aromatic heterocycles. The molecule has 0 aromatic carbocycles. The maximum Gasteiger partial charge on any atom is 0.137 e. The van der Waals surface area contributed by atoms with Gasteiger partial charge in [-0.1, -0.05) is 13.8 Å². The van der Waals surface area contributed by atoms with E-state index in [1.165, 1.54) is 24.8 Å². The van der Waals surface area contributed by atoms with Crippen molar-refractivity contribution in [1.29, 1.82) is 0 Å².